The van der Waals surface area contributed by atoms with Crippen LogP contribution in [0.4, 0.5) is 0 Å². The number of thiophene rings is 1. The van der Waals surface area contributed by atoms with Crippen LogP contribution in [0.5, 0.6) is 0 Å². The number of carbonyl (C=O) groups is 1. The van der Waals surface area contributed by atoms with Crippen LogP contribution in [0.2, 0.25) is 0 Å². The molecule has 16 heavy (non-hydrogen) atoms. The van der Waals surface area contributed by atoms with Gasteiger partial charge in [-0.3, -0.25) is 4.79 Å². The van der Waals surface area contributed by atoms with Crippen molar-refractivity contribution in [2.24, 2.45) is 5.73 Å². The molecule has 0 saturated carbocycles. The first kappa shape index (κ1) is 15.4. The van der Waals surface area contributed by atoms with Crippen molar-refractivity contribution in [1.29, 1.82) is 0 Å². The summed E-state index contributed by atoms with van der Waals surface area (Å²) in [6.07, 6.45) is 1.31. The van der Waals surface area contributed by atoms with E-state index in [9.17, 15) is 4.79 Å². The molecule has 1 aromatic rings. The van der Waals surface area contributed by atoms with Crippen molar-refractivity contribution in [3.63, 3.8) is 0 Å². The van der Waals surface area contributed by atoms with Crippen LogP contribution in [0.1, 0.15) is 30.7 Å². The number of halogens is 1. The van der Waals surface area contributed by atoms with E-state index < -0.39 is 0 Å². The van der Waals surface area contributed by atoms with Crippen molar-refractivity contribution in [3.05, 3.63) is 22.4 Å². The number of amides is 1. The molecule has 0 aliphatic carbocycles. The second-order valence-electron chi connectivity index (χ2n) is 3.59. The van der Waals surface area contributed by atoms with Crippen LogP contribution < -0.4 is 5.73 Å². The quantitative estimate of drug-likeness (QED) is 0.886. The minimum absolute atomic E-state index is 0. The first-order chi connectivity index (χ1) is 7.16. The number of nitrogens with zero attached hydrogens (tertiary/aromatic N) is 1. The van der Waals surface area contributed by atoms with E-state index in [0.29, 0.717) is 13.0 Å². The Kier molecular flexibility index (Phi) is 7.38. The van der Waals surface area contributed by atoms with Gasteiger partial charge < -0.3 is 10.6 Å². The number of carbonyl (C=O) groups excluding carboxylic acids is 1. The molecule has 1 aromatic heterocycles. The molecule has 0 spiro atoms. The predicted octanol–water partition coefficient (Wildman–Crippen LogP) is 2.43. The molecule has 1 heterocycles. The molecule has 0 aromatic carbocycles. The highest BCUT2D eigenvalue weighted by Gasteiger charge is 2.17. The Morgan fingerprint density at radius 2 is 2.31 bits per heavy atom. The molecule has 0 bridgehead atoms. The van der Waals surface area contributed by atoms with Crippen LogP contribution in [0, 0.1) is 0 Å². The lowest BCUT2D eigenvalue weighted by molar-refractivity contribution is -0.131. The lowest BCUT2D eigenvalue weighted by Crippen LogP contribution is -2.29. The van der Waals surface area contributed by atoms with E-state index in [4.69, 9.17) is 5.73 Å². The summed E-state index contributed by atoms with van der Waals surface area (Å²) in [6, 6.07) is 4.23. The highest BCUT2D eigenvalue weighted by atomic mass is 35.5. The molecular formula is C11H19ClN2OS. The largest absolute Gasteiger partial charge is 0.338 e. The van der Waals surface area contributed by atoms with Gasteiger partial charge in [-0.25, -0.2) is 0 Å². The van der Waals surface area contributed by atoms with Crippen LogP contribution in [-0.2, 0) is 4.79 Å². The smallest absolute Gasteiger partial charge is 0.222 e. The van der Waals surface area contributed by atoms with E-state index in [-0.39, 0.29) is 24.4 Å². The van der Waals surface area contributed by atoms with Crippen molar-refractivity contribution in [3.8, 4) is 0 Å². The molecule has 1 amide bonds. The minimum Gasteiger partial charge on any atom is -0.338 e. The second-order valence-corrected chi connectivity index (χ2v) is 4.57. The zero-order valence-electron chi connectivity index (χ0n) is 9.68. The molecule has 0 aliphatic heterocycles. The fraction of sp³-hybridized carbons (Fsp3) is 0.545. The fourth-order valence-corrected chi connectivity index (χ4v) is 2.19. The highest BCUT2D eigenvalue weighted by Crippen LogP contribution is 2.23. The summed E-state index contributed by atoms with van der Waals surface area (Å²) in [5.41, 5.74) is 5.38. The topological polar surface area (TPSA) is 46.3 Å². The van der Waals surface area contributed by atoms with Gasteiger partial charge in [-0.15, -0.1) is 23.7 Å². The summed E-state index contributed by atoms with van der Waals surface area (Å²) in [6.45, 7) is 2.62. The average Bonchev–Trinajstić information content (AvgIpc) is 2.77. The highest BCUT2D eigenvalue weighted by molar-refractivity contribution is 7.10. The summed E-state index contributed by atoms with van der Waals surface area (Å²) in [5.74, 6) is 0.168. The Hall–Kier alpha value is -0.580. The van der Waals surface area contributed by atoms with Gasteiger partial charge in [0.1, 0.15) is 0 Å². The maximum Gasteiger partial charge on any atom is 0.222 e. The zero-order chi connectivity index (χ0) is 11.3. The number of hydrogen-bond acceptors (Lipinski definition) is 3. The van der Waals surface area contributed by atoms with Crippen LogP contribution in [0.3, 0.4) is 0 Å². The third kappa shape index (κ3) is 4.12. The molecule has 0 aliphatic rings. The molecule has 1 unspecified atom stereocenters. The SMILES string of the molecule is CC(c1cccs1)N(C)C(=O)CCCN.Cl. The van der Waals surface area contributed by atoms with Crippen molar-refractivity contribution in [1.82, 2.24) is 4.90 Å². The zero-order valence-corrected chi connectivity index (χ0v) is 11.3. The first-order valence-corrected chi connectivity index (χ1v) is 6.04. The molecule has 1 atom stereocenters. The Bertz CT molecular complexity index is 303. The van der Waals surface area contributed by atoms with Crippen molar-refractivity contribution in [2.45, 2.75) is 25.8 Å². The van der Waals surface area contributed by atoms with E-state index >= 15 is 0 Å². The van der Waals surface area contributed by atoms with Crippen LogP contribution in [-0.4, -0.2) is 24.4 Å². The van der Waals surface area contributed by atoms with Crippen molar-refractivity contribution < 1.29 is 4.79 Å². The Morgan fingerprint density at radius 3 is 2.81 bits per heavy atom. The lowest BCUT2D eigenvalue weighted by atomic mass is 10.2. The van der Waals surface area contributed by atoms with Gasteiger partial charge in [-0.1, -0.05) is 6.07 Å². The van der Waals surface area contributed by atoms with Gasteiger partial charge in [-0.05, 0) is 31.3 Å². The minimum atomic E-state index is 0. The summed E-state index contributed by atoms with van der Waals surface area (Å²) >= 11 is 1.68. The van der Waals surface area contributed by atoms with Gasteiger partial charge in [0.05, 0.1) is 6.04 Å². The Labute approximate surface area is 107 Å². The van der Waals surface area contributed by atoms with Gasteiger partial charge in [-0.2, -0.15) is 0 Å². The number of rotatable bonds is 5. The van der Waals surface area contributed by atoms with E-state index in [1.54, 1.807) is 16.2 Å². The summed E-state index contributed by atoms with van der Waals surface area (Å²) in [7, 11) is 1.85. The number of nitrogens with two attached hydrogens (primary N) is 1. The Balaban J connectivity index is 0.00000225. The second kappa shape index (κ2) is 7.65. The van der Waals surface area contributed by atoms with Gasteiger partial charge >= 0.3 is 0 Å². The van der Waals surface area contributed by atoms with Gasteiger partial charge in [0.25, 0.3) is 0 Å². The molecule has 0 radical (unpaired) electrons. The van der Waals surface area contributed by atoms with Crippen molar-refractivity contribution >= 4 is 29.7 Å². The van der Waals surface area contributed by atoms with Gasteiger partial charge in [0.2, 0.25) is 5.91 Å². The van der Waals surface area contributed by atoms with E-state index in [1.807, 2.05) is 25.4 Å². The summed E-state index contributed by atoms with van der Waals surface area (Å²) in [4.78, 5) is 14.7. The van der Waals surface area contributed by atoms with Crippen LogP contribution >= 0.6 is 23.7 Å². The van der Waals surface area contributed by atoms with Crippen LogP contribution in [0.15, 0.2) is 17.5 Å². The molecule has 92 valence electrons. The molecule has 1 rings (SSSR count). The Morgan fingerprint density at radius 1 is 1.62 bits per heavy atom. The van der Waals surface area contributed by atoms with Crippen LogP contribution in [0.25, 0.3) is 0 Å². The maximum absolute atomic E-state index is 11.7. The van der Waals surface area contributed by atoms with Gasteiger partial charge in [0.15, 0.2) is 0 Å². The van der Waals surface area contributed by atoms with E-state index in [1.165, 1.54) is 4.88 Å². The van der Waals surface area contributed by atoms with Gasteiger partial charge in [0, 0.05) is 18.3 Å². The molecule has 2 N–H and O–H groups in total. The van der Waals surface area contributed by atoms with Crippen molar-refractivity contribution in [2.75, 3.05) is 13.6 Å². The van der Waals surface area contributed by atoms with E-state index in [0.717, 1.165) is 6.42 Å². The number of hydrogen-bond donors (Lipinski definition) is 1. The molecule has 0 saturated heterocycles. The third-order valence-electron chi connectivity index (χ3n) is 2.52. The summed E-state index contributed by atoms with van der Waals surface area (Å²) in [5, 5.41) is 2.03. The third-order valence-corrected chi connectivity index (χ3v) is 3.57. The molecular weight excluding hydrogens is 244 g/mol. The maximum atomic E-state index is 11.7. The van der Waals surface area contributed by atoms with E-state index in [2.05, 4.69) is 6.07 Å². The summed E-state index contributed by atoms with van der Waals surface area (Å²) < 4.78 is 0. The average molecular weight is 263 g/mol. The fourth-order valence-electron chi connectivity index (χ4n) is 1.37. The normalized spacial score (nSPS) is 11.7. The standard InChI is InChI=1S/C11H18N2OS.ClH/c1-9(10-5-4-8-15-10)13(2)11(14)6-3-7-12;/h4-5,8-9H,3,6-7,12H2,1-2H3;1H. The first-order valence-electron chi connectivity index (χ1n) is 5.16. The molecule has 0 fully saturated rings. The lowest BCUT2D eigenvalue weighted by Gasteiger charge is -2.24. The molecule has 5 heteroatoms. The monoisotopic (exact) mass is 262 g/mol. The predicted molar refractivity (Wildman–Crippen MR) is 71.0 cm³/mol. The molecule has 3 nitrogen and oxygen atoms in total.